The molecule has 0 radical (unpaired) electrons. The third-order valence-corrected chi connectivity index (χ3v) is 4.27. The average molecular weight is 421 g/mol. The molecule has 176 valence electrons. The van der Waals surface area contributed by atoms with Crippen molar-refractivity contribution in [3.05, 3.63) is 0 Å². The molecule has 4 N–H and O–H groups in total. The number of aliphatic hydroxyl groups excluding tert-OH is 2. The normalized spacial score (nSPS) is 10.9. The Morgan fingerprint density at radius 3 is 1.24 bits per heavy atom. The zero-order valence-corrected chi connectivity index (χ0v) is 19.2. The standard InChI is InChI=1S/2C9H18O2.C5H12O2/c2*1-2-3-4-5-6-7-8-9(10)11;1-5(7)3-2-4-6/h2*2-8H2,1H3,(H,10,11);5-7H,2-4H2,1H3. The van der Waals surface area contributed by atoms with Gasteiger partial charge in [0.1, 0.15) is 0 Å². The number of carboxylic acids is 2. The highest BCUT2D eigenvalue weighted by Gasteiger charge is 1.96. The van der Waals surface area contributed by atoms with E-state index < -0.39 is 11.9 Å². The minimum absolute atomic E-state index is 0.185. The van der Waals surface area contributed by atoms with Gasteiger partial charge in [-0.25, -0.2) is 0 Å². The van der Waals surface area contributed by atoms with Crippen molar-refractivity contribution in [1.82, 2.24) is 0 Å². The monoisotopic (exact) mass is 420 g/mol. The van der Waals surface area contributed by atoms with E-state index in [0.29, 0.717) is 25.7 Å². The second-order valence-corrected chi connectivity index (χ2v) is 7.54. The highest BCUT2D eigenvalue weighted by atomic mass is 16.4. The first-order valence-corrected chi connectivity index (χ1v) is 11.5. The molecule has 1 unspecified atom stereocenters. The molecule has 0 spiro atoms. The van der Waals surface area contributed by atoms with E-state index in [4.69, 9.17) is 20.4 Å². The van der Waals surface area contributed by atoms with E-state index in [-0.39, 0.29) is 12.7 Å². The van der Waals surface area contributed by atoms with Crippen molar-refractivity contribution in [3.63, 3.8) is 0 Å². The molecule has 0 fully saturated rings. The van der Waals surface area contributed by atoms with Gasteiger partial charge >= 0.3 is 11.9 Å². The lowest BCUT2D eigenvalue weighted by Gasteiger charge is -1.98. The maximum Gasteiger partial charge on any atom is 0.303 e. The maximum absolute atomic E-state index is 10.1. The average Bonchev–Trinajstić information content (AvgIpc) is 2.66. The van der Waals surface area contributed by atoms with Gasteiger partial charge in [-0.3, -0.25) is 9.59 Å². The minimum atomic E-state index is -0.666. The Hall–Kier alpha value is -1.14. The molecule has 0 aromatic carbocycles. The van der Waals surface area contributed by atoms with E-state index in [1.54, 1.807) is 6.92 Å². The van der Waals surface area contributed by atoms with Crippen molar-refractivity contribution in [2.75, 3.05) is 6.61 Å². The van der Waals surface area contributed by atoms with E-state index in [0.717, 1.165) is 25.7 Å². The van der Waals surface area contributed by atoms with Gasteiger partial charge in [-0.05, 0) is 32.6 Å². The lowest BCUT2D eigenvalue weighted by atomic mass is 10.1. The molecule has 0 bridgehead atoms. The van der Waals surface area contributed by atoms with Gasteiger partial charge in [0.15, 0.2) is 0 Å². The molecule has 6 nitrogen and oxygen atoms in total. The Labute approximate surface area is 178 Å². The first-order chi connectivity index (χ1) is 13.8. The molecule has 6 heteroatoms. The largest absolute Gasteiger partial charge is 0.481 e. The molecule has 0 rings (SSSR count). The first-order valence-electron chi connectivity index (χ1n) is 11.5. The molecule has 0 amide bonds. The number of unbranched alkanes of at least 4 members (excludes halogenated alkanes) is 10. The second-order valence-electron chi connectivity index (χ2n) is 7.54. The van der Waals surface area contributed by atoms with Crippen LogP contribution in [0.25, 0.3) is 0 Å². The Morgan fingerprint density at radius 1 is 0.655 bits per heavy atom. The fourth-order valence-corrected chi connectivity index (χ4v) is 2.50. The highest BCUT2D eigenvalue weighted by Crippen LogP contribution is 2.07. The molecule has 0 aromatic heterocycles. The highest BCUT2D eigenvalue weighted by molar-refractivity contribution is 5.66. The summed E-state index contributed by atoms with van der Waals surface area (Å²) in [5, 5.41) is 33.4. The summed E-state index contributed by atoms with van der Waals surface area (Å²) in [6.45, 7) is 6.26. The second kappa shape index (κ2) is 29.1. The van der Waals surface area contributed by atoms with Gasteiger partial charge < -0.3 is 20.4 Å². The molecule has 0 aromatic rings. The van der Waals surface area contributed by atoms with Crippen LogP contribution in [0.2, 0.25) is 0 Å². The van der Waals surface area contributed by atoms with Gasteiger partial charge in [-0.15, -0.1) is 0 Å². The van der Waals surface area contributed by atoms with Gasteiger partial charge in [-0.2, -0.15) is 0 Å². The fourth-order valence-electron chi connectivity index (χ4n) is 2.50. The zero-order valence-electron chi connectivity index (χ0n) is 19.2. The molecule has 0 heterocycles. The van der Waals surface area contributed by atoms with Gasteiger partial charge in [0, 0.05) is 19.4 Å². The zero-order chi connectivity index (χ0) is 22.8. The first kappa shape index (κ1) is 32.5. The Balaban J connectivity index is -0.000000360. The smallest absolute Gasteiger partial charge is 0.303 e. The van der Waals surface area contributed by atoms with Gasteiger partial charge in [-0.1, -0.05) is 78.1 Å². The molecule has 0 aliphatic carbocycles. The number of carboxylic acid groups (broad SMARTS) is 2. The predicted octanol–water partition coefficient (Wildman–Crippen LogP) is 5.78. The summed E-state index contributed by atoms with van der Waals surface area (Å²) in [5.74, 6) is -1.33. The molecule has 0 aliphatic rings. The van der Waals surface area contributed by atoms with Gasteiger partial charge in [0.2, 0.25) is 0 Å². The van der Waals surface area contributed by atoms with Crippen LogP contribution in [0.15, 0.2) is 0 Å². The predicted molar refractivity (Wildman–Crippen MR) is 119 cm³/mol. The minimum Gasteiger partial charge on any atom is -0.481 e. The molecule has 0 saturated carbocycles. The molecule has 0 aliphatic heterocycles. The maximum atomic E-state index is 10.1. The third kappa shape index (κ3) is 46.7. The van der Waals surface area contributed by atoms with Crippen LogP contribution in [0.1, 0.15) is 124 Å². The third-order valence-electron chi connectivity index (χ3n) is 4.27. The summed E-state index contributed by atoms with van der Waals surface area (Å²) in [6, 6.07) is 0. The van der Waals surface area contributed by atoms with Crippen molar-refractivity contribution in [1.29, 1.82) is 0 Å². The molecule has 1 atom stereocenters. The molecular weight excluding hydrogens is 372 g/mol. The van der Waals surface area contributed by atoms with E-state index in [2.05, 4.69) is 13.8 Å². The SMILES string of the molecule is CC(O)CCCO.CCCCCCCCC(=O)O.CCCCCCCCC(=O)O. The number of aliphatic carboxylic acids is 2. The molecular formula is C23H48O6. The fraction of sp³-hybridized carbons (Fsp3) is 0.913. The summed E-state index contributed by atoms with van der Waals surface area (Å²) < 4.78 is 0. The van der Waals surface area contributed by atoms with Crippen LogP contribution in [0.3, 0.4) is 0 Å². The lowest BCUT2D eigenvalue weighted by Crippen LogP contribution is -1.99. The van der Waals surface area contributed by atoms with E-state index in [1.165, 1.54) is 51.4 Å². The van der Waals surface area contributed by atoms with Crippen LogP contribution < -0.4 is 0 Å². The van der Waals surface area contributed by atoms with Crippen LogP contribution in [0.4, 0.5) is 0 Å². The van der Waals surface area contributed by atoms with E-state index >= 15 is 0 Å². The van der Waals surface area contributed by atoms with Crippen LogP contribution in [0.5, 0.6) is 0 Å². The van der Waals surface area contributed by atoms with Crippen LogP contribution in [-0.4, -0.2) is 45.1 Å². The van der Waals surface area contributed by atoms with Crippen LogP contribution in [-0.2, 0) is 9.59 Å². The molecule has 0 saturated heterocycles. The quantitative estimate of drug-likeness (QED) is 0.222. The Morgan fingerprint density at radius 2 is 1.00 bits per heavy atom. The van der Waals surface area contributed by atoms with Gasteiger partial charge in [0.25, 0.3) is 0 Å². The summed E-state index contributed by atoms with van der Waals surface area (Å²) in [6.07, 6.45) is 15.7. The number of hydrogen-bond acceptors (Lipinski definition) is 4. The summed E-state index contributed by atoms with van der Waals surface area (Å²) in [4.78, 5) is 20.2. The van der Waals surface area contributed by atoms with E-state index in [9.17, 15) is 9.59 Å². The van der Waals surface area contributed by atoms with Crippen molar-refractivity contribution >= 4 is 11.9 Å². The van der Waals surface area contributed by atoms with Crippen molar-refractivity contribution < 1.29 is 30.0 Å². The summed E-state index contributed by atoms with van der Waals surface area (Å²) in [5.41, 5.74) is 0. The number of rotatable bonds is 17. The van der Waals surface area contributed by atoms with Crippen molar-refractivity contribution in [2.45, 2.75) is 130 Å². The number of hydrogen-bond donors (Lipinski definition) is 4. The van der Waals surface area contributed by atoms with E-state index in [1.807, 2.05) is 0 Å². The summed E-state index contributed by atoms with van der Waals surface area (Å²) in [7, 11) is 0. The van der Waals surface area contributed by atoms with Crippen molar-refractivity contribution in [2.24, 2.45) is 0 Å². The Bertz CT molecular complexity index is 305. The van der Waals surface area contributed by atoms with Gasteiger partial charge in [0.05, 0.1) is 6.10 Å². The van der Waals surface area contributed by atoms with Crippen LogP contribution >= 0.6 is 0 Å². The van der Waals surface area contributed by atoms with Crippen molar-refractivity contribution in [3.8, 4) is 0 Å². The van der Waals surface area contributed by atoms with Crippen LogP contribution in [0, 0.1) is 0 Å². The summed E-state index contributed by atoms with van der Waals surface area (Å²) >= 11 is 0. The topological polar surface area (TPSA) is 115 Å². The molecule has 29 heavy (non-hydrogen) atoms. The number of aliphatic hydroxyl groups is 2. The Kier molecular flexibility index (Phi) is 32.6. The lowest BCUT2D eigenvalue weighted by molar-refractivity contribution is -0.138. The number of carbonyl (C=O) groups is 2.